The first-order chi connectivity index (χ1) is 11.8. The fourth-order valence-corrected chi connectivity index (χ4v) is 3.27. The SMILES string of the molecule is CCNC(=NCC1CCCc2ccccc21)NCCCCOCC. The van der Waals surface area contributed by atoms with Crippen LogP contribution in [-0.4, -0.2) is 38.8 Å². The zero-order chi connectivity index (χ0) is 17.0. The molecule has 0 aromatic heterocycles. The molecule has 24 heavy (non-hydrogen) atoms. The summed E-state index contributed by atoms with van der Waals surface area (Å²) >= 11 is 0. The summed E-state index contributed by atoms with van der Waals surface area (Å²) in [6.45, 7) is 8.52. The Balaban J connectivity index is 1.82. The van der Waals surface area contributed by atoms with Crippen molar-refractivity contribution in [1.29, 1.82) is 0 Å². The Bertz CT molecular complexity index is 501. The van der Waals surface area contributed by atoms with Crippen molar-refractivity contribution < 1.29 is 4.74 Å². The van der Waals surface area contributed by atoms with Gasteiger partial charge < -0.3 is 15.4 Å². The molecule has 0 spiro atoms. The van der Waals surface area contributed by atoms with E-state index in [2.05, 4.69) is 41.8 Å². The second-order valence-electron chi connectivity index (χ2n) is 6.34. The topological polar surface area (TPSA) is 45.7 Å². The van der Waals surface area contributed by atoms with Gasteiger partial charge in [0.15, 0.2) is 5.96 Å². The van der Waals surface area contributed by atoms with Crippen LogP contribution in [0.3, 0.4) is 0 Å². The van der Waals surface area contributed by atoms with E-state index < -0.39 is 0 Å². The second kappa shape index (κ2) is 11.1. The van der Waals surface area contributed by atoms with Crippen molar-refractivity contribution in [3.05, 3.63) is 35.4 Å². The lowest BCUT2D eigenvalue weighted by atomic mass is 9.83. The number of nitrogens with one attached hydrogen (secondary N) is 2. The number of aliphatic imine (C=N–C) groups is 1. The molecule has 134 valence electrons. The molecule has 0 saturated carbocycles. The van der Waals surface area contributed by atoms with Crippen LogP contribution in [-0.2, 0) is 11.2 Å². The number of benzene rings is 1. The van der Waals surface area contributed by atoms with Crippen LogP contribution in [0.5, 0.6) is 0 Å². The van der Waals surface area contributed by atoms with Crippen molar-refractivity contribution in [3.8, 4) is 0 Å². The van der Waals surface area contributed by atoms with Gasteiger partial charge in [-0.05, 0) is 57.1 Å². The van der Waals surface area contributed by atoms with E-state index in [1.807, 2.05) is 6.92 Å². The molecule has 1 aliphatic rings. The summed E-state index contributed by atoms with van der Waals surface area (Å²) in [6.07, 6.45) is 5.94. The van der Waals surface area contributed by atoms with E-state index in [4.69, 9.17) is 9.73 Å². The number of rotatable bonds is 9. The molecule has 0 saturated heterocycles. The van der Waals surface area contributed by atoms with Gasteiger partial charge in [0.25, 0.3) is 0 Å². The van der Waals surface area contributed by atoms with Crippen molar-refractivity contribution in [2.24, 2.45) is 4.99 Å². The molecule has 1 aromatic rings. The third-order valence-electron chi connectivity index (χ3n) is 4.52. The van der Waals surface area contributed by atoms with Crippen LogP contribution in [0.1, 0.15) is 56.6 Å². The summed E-state index contributed by atoms with van der Waals surface area (Å²) in [5.41, 5.74) is 3.01. The van der Waals surface area contributed by atoms with E-state index in [1.165, 1.54) is 30.4 Å². The Morgan fingerprint density at radius 2 is 2.08 bits per heavy atom. The van der Waals surface area contributed by atoms with Crippen molar-refractivity contribution in [1.82, 2.24) is 10.6 Å². The van der Waals surface area contributed by atoms with Gasteiger partial charge in [0.05, 0.1) is 0 Å². The molecule has 0 aliphatic heterocycles. The second-order valence-corrected chi connectivity index (χ2v) is 6.34. The molecule has 0 amide bonds. The summed E-state index contributed by atoms with van der Waals surface area (Å²) in [4.78, 5) is 4.83. The molecular weight excluding hydrogens is 298 g/mol. The van der Waals surface area contributed by atoms with Gasteiger partial charge in [0.2, 0.25) is 0 Å². The summed E-state index contributed by atoms with van der Waals surface area (Å²) in [6, 6.07) is 8.86. The Morgan fingerprint density at radius 1 is 1.21 bits per heavy atom. The van der Waals surface area contributed by atoms with Crippen LogP contribution in [0.2, 0.25) is 0 Å². The number of aryl methyl sites for hydroxylation is 1. The molecule has 4 heteroatoms. The van der Waals surface area contributed by atoms with Gasteiger partial charge in [-0.2, -0.15) is 0 Å². The van der Waals surface area contributed by atoms with E-state index in [9.17, 15) is 0 Å². The predicted molar refractivity (Wildman–Crippen MR) is 102 cm³/mol. The van der Waals surface area contributed by atoms with Crippen LogP contribution < -0.4 is 10.6 Å². The van der Waals surface area contributed by atoms with Gasteiger partial charge >= 0.3 is 0 Å². The number of hydrogen-bond donors (Lipinski definition) is 2. The lowest BCUT2D eigenvalue weighted by Crippen LogP contribution is -2.38. The lowest BCUT2D eigenvalue weighted by Gasteiger charge is -2.24. The zero-order valence-corrected chi connectivity index (χ0v) is 15.3. The maximum atomic E-state index is 5.37. The molecule has 0 bridgehead atoms. The Labute approximate surface area is 147 Å². The van der Waals surface area contributed by atoms with Gasteiger partial charge in [0, 0.05) is 38.8 Å². The lowest BCUT2D eigenvalue weighted by molar-refractivity contribution is 0.143. The van der Waals surface area contributed by atoms with Crippen molar-refractivity contribution >= 4 is 5.96 Å². The van der Waals surface area contributed by atoms with Gasteiger partial charge in [-0.1, -0.05) is 24.3 Å². The first-order valence-corrected chi connectivity index (χ1v) is 9.52. The molecule has 1 unspecified atom stereocenters. The fourth-order valence-electron chi connectivity index (χ4n) is 3.27. The summed E-state index contributed by atoms with van der Waals surface area (Å²) in [7, 11) is 0. The molecule has 2 rings (SSSR count). The van der Waals surface area contributed by atoms with Crippen LogP contribution in [0.4, 0.5) is 0 Å². The average molecular weight is 332 g/mol. The minimum Gasteiger partial charge on any atom is -0.382 e. The maximum absolute atomic E-state index is 5.37. The minimum absolute atomic E-state index is 0.559. The Kier molecular flexibility index (Phi) is 8.67. The quantitative estimate of drug-likeness (QED) is 0.414. The molecule has 4 nitrogen and oxygen atoms in total. The first kappa shape index (κ1) is 18.8. The van der Waals surface area contributed by atoms with Crippen molar-refractivity contribution in [3.63, 3.8) is 0 Å². The third kappa shape index (κ3) is 6.16. The van der Waals surface area contributed by atoms with Gasteiger partial charge in [-0.25, -0.2) is 0 Å². The molecule has 1 atom stereocenters. The zero-order valence-electron chi connectivity index (χ0n) is 15.3. The van der Waals surface area contributed by atoms with Crippen LogP contribution in [0, 0.1) is 0 Å². The molecule has 0 radical (unpaired) electrons. The minimum atomic E-state index is 0.559. The third-order valence-corrected chi connectivity index (χ3v) is 4.52. The standard InChI is InChI=1S/C20H33N3O/c1-3-21-20(22-14-7-8-15-24-4-2)23-16-18-12-9-11-17-10-5-6-13-19(17)18/h5-6,10,13,18H,3-4,7-9,11-12,14-16H2,1-2H3,(H2,21,22,23). The fraction of sp³-hybridized carbons (Fsp3) is 0.650. The smallest absolute Gasteiger partial charge is 0.191 e. The van der Waals surface area contributed by atoms with E-state index in [0.717, 1.165) is 51.6 Å². The summed E-state index contributed by atoms with van der Waals surface area (Å²) in [5, 5.41) is 6.80. The summed E-state index contributed by atoms with van der Waals surface area (Å²) < 4.78 is 5.37. The highest BCUT2D eigenvalue weighted by atomic mass is 16.5. The molecule has 0 heterocycles. The molecule has 1 aliphatic carbocycles. The Hall–Kier alpha value is -1.55. The highest BCUT2D eigenvalue weighted by molar-refractivity contribution is 5.79. The van der Waals surface area contributed by atoms with E-state index in [0.29, 0.717) is 5.92 Å². The van der Waals surface area contributed by atoms with Crippen LogP contribution in [0.25, 0.3) is 0 Å². The number of ether oxygens (including phenoxy) is 1. The average Bonchev–Trinajstić information content (AvgIpc) is 2.62. The molecule has 2 N–H and O–H groups in total. The number of guanidine groups is 1. The largest absolute Gasteiger partial charge is 0.382 e. The van der Waals surface area contributed by atoms with Gasteiger partial charge in [-0.3, -0.25) is 4.99 Å². The predicted octanol–water partition coefficient (Wildman–Crippen LogP) is 3.48. The normalized spacial score (nSPS) is 17.4. The first-order valence-electron chi connectivity index (χ1n) is 9.52. The molecule has 1 aromatic carbocycles. The summed E-state index contributed by atoms with van der Waals surface area (Å²) in [5.74, 6) is 1.50. The highest BCUT2D eigenvalue weighted by Crippen LogP contribution is 2.31. The van der Waals surface area contributed by atoms with Crippen LogP contribution in [0.15, 0.2) is 29.3 Å². The van der Waals surface area contributed by atoms with Gasteiger partial charge in [-0.15, -0.1) is 0 Å². The number of unbranched alkanes of at least 4 members (excludes halogenated alkanes) is 1. The van der Waals surface area contributed by atoms with E-state index in [1.54, 1.807) is 0 Å². The maximum Gasteiger partial charge on any atom is 0.191 e. The molecular formula is C20H33N3O. The van der Waals surface area contributed by atoms with E-state index >= 15 is 0 Å². The van der Waals surface area contributed by atoms with Gasteiger partial charge in [0.1, 0.15) is 0 Å². The number of nitrogens with zero attached hydrogens (tertiary/aromatic N) is 1. The van der Waals surface area contributed by atoms with Crippen molar-refractivity contribution in [2.45, 2.75) is 51.9 Å². The van der Waals surface area contributed by atoms with Crippen molar-refractivity contribution in [2.75, 3.05) is 32.8 Å². The van der Waals surface area contributed by atoms with Crippen LogP contribution >= 0.6 is 0 Å². The Morgan fingerprint density at radius 3 is 2.92 bits per heavy atom. The monoisotopic (exact) mass is 331 g/mol. The number of hydrogen-bond acceptors (Lipinski definition) is 2. The van der Waals surface area contributed by atoms with E-state index in [-0.39, 0.29) is 0 Å². The highest BCUT2D eigenvalue weighted by Gasteiger charge is 2.19. The number of fused-ring (bicyclic) bond motifs is 1. The molecule has 0 fully saturated rings.